The van der Waals surface area contributed by atoms with Crippen LogP contribution in [-0.2, 0) is 16.8 Å². The molecule has 3 aliphatic heterocycles. The van der Waals surface area contributed by atoms with E-state index >= 15 is 0 Å². The fourth-order valence-electron chi connectivity index (χ4n) is 6.34. The van der Waals surface area contributed by atoms with Crippen molar-refractivity contribution in [3.63, 3.8) is 0 Å². The van der Waals surface area contributed by atoms with Crippen molar-refractivity contribution < 1.29 is 9.53 Å². The maximum absolute atomic E-state index is 12.5. The standard InChI is InChI=1S/C33H21NO2S/c35-32-23-19-22(18-17-21(23)20-36-32)34-28-13-5-1-9-24(28)33(25-10-2-6-14-29(25)34)26-11-3-7-15-30(26)37-31-16-8-4-12-27(31)33/h1-19H,20H2. The van der Waals surface area contributed by atoms with Crippen LogP contribution in [0, 0.1) is 0 Å². The van der Waals surface area contributed by atoms with Crippen LogP contribution >= 0.6 is 11.8 Å². The van der Waals surface area contributed by atoms with Crippen LogP contribution in [0.2, 0.25) is 0 Å². The third-order valence-electron chi connectivity index (χ3n) is 7.83. The van der Waals surface area contributed by atoms with Crippen LogP contribution < -0.4 is 4.90 Å². The number of fused-ring (bicyclic) bond motifs is 9. The van der Waals surface area contributed by atoms with Gasteiger partial charge in [0, 0.05) is 21.0 Å². The van der Waals surface area contributed by atoms with Crippen LogP contribution in [0.15, 0.2) is 125 Å². The molecule has 176 valence electrons. The van der Waals surface area contributed by atoms with E-state index in [0.29, 0.717) is 12.2 Å². The SMILES string of the molecule is O=C1OCc2ccc(N3c4ccccc4C4(c5ccccc5Sc5ccccc54)c4ccccc43)cc21. The maximum Gasteiger partial charge on any atom is 0.338 e. The zero-order valence-electron chi connectivity index (χ0n) is 19.8. The van der Waals surface area contributed by atoms with Crippen molar-refractivity contribution in [2.24, 2.45) is 0 Å². The third kappa shape index (κ3) is 2.71. The lowest BCUT2D eigenvalue weighted by atomic mass is 9.62. The van der Waals surface area contributed by atoms with Gasteiger partial charge < -0.3 is 9.64 Å². The number of carbonyl (C=O) groups is 1. The predicted octanol–water partition coefficient (Wildman–Crippen LogP) is 7.99. The summed E-state index contributed by atoms with van der Waals surface area (Å²) in [6.07, 6.45) is 0. The Morgan fingerprint density at radius 2 is 1.19 bits per heavy atom. The van der Waals surface area contributed by atoms with Crippen LogP contribution in [0.5, 0.6) is 0 Å². The quantitative estimate of drug-likeness (QED) is 0.216. The zero-order chi connectivity index (χ0) is 24.6. The fourth-order valence-corrected chi connectivity index (χ4v) is 7.53. The smallest absolute Gasteiger partial charge is 0.338 e. The largest absolute Gasteiger partial charge is 0.457 e. The van der Waals surface area contributed by atoms with Gasteiger partial charge in [-0.3, -0.25) is 0 Å². The molecule has 8 rings (SSSR count). The van der Waals surface area contributed by atoms with Crippen molar-refractivity contribution in [3.05, 3.63) is 149 Å². The number of nitrogens with zero attached hydrogens (tertiary/aromatic N) is 1. The molecule has 0 N–H and O–H groups in total. The van der Waals surface area contributed by atoms with E-state index in [9.17, 15) is 4.79 Å². The Hall–Kier alpha value is -4.28. The summed E-state index contributed by atoms with van der Waals surface area (Å²) in [6, 6.07) is 41.1. The average molecular weight is 496 g/mol. The van der Waals surface area contributed by atoms with Crippen molar-refractivity contribution in [1.82, 2.24) is 0 Å². The van der Waals surface area contributed by atoms with E-state index in [1.165, 1.54) is 32.0 Å². The lowest BCUT2D eigenvalue weighted by molar-refractivity contribution is 0.0535. The first-order chi connectivity index (χ1) is 18.3. The minimum absolute atomic E-state index is 0.251. The Labute approximate surface area is 219 Å². The van der Waals surface area contributed by atoms with Gasteiger partial charge >= 0.3 is 5.97 Å². The molecule has 0 atom stereocenters. The second kappa shape index (κ2) is 7.61. The Bertz CT molecular complexity index is 1660. The first kappa shape index (κ1) is 20.9. The molecule has 3 nitrogen and oxygen atoms in total. The molecule has 1 spiro atoms. The number of para-hydroxylation sites is 2. The molecule has 37 heavy (non-hydrogen) atoms. The van der Waals surface area contributed by atoms with E-state index in [1.54, 1.807) is 0 Å². The molecule has 5 aromatic carbocycles. The van der Waals surface area contributed by atoms with E-state index in [0.717, 1.165) is 22.6 Å². The van der Waals surface area contributed by atoms with Gasteiger partial charge in [0.1, 0.15) is 6.61 Å². The van der Waals surface area contributed by atoms with Gasteiger partial charge in [-0.1, -0.05) is 90.6 Å². The molecule has 0 bridgehead atoms. The van der Waals surface area contributed by atoms with Crippen molar-refractivity contribution in [2.75, 3.05) is 4.90 Å². The molecule has 0 saturated heterocycles. The number of hydrogen-bond donors (Lipinski definition) is 0. The number of cyclic esters (lactones) is 1. The average Bonchev–Trinajstić information content (AvgIpc) is 3.33. The third-order valence-corrected chi connectivity index (χ3v) is 8.98. The first-order valence-corrected chi connectivity index (χ1v) is 13.2. The summed E-state index contributed by atoms with van der Waals surface area (Å²) in [5, 5.41) is 0. The minimum Gasteiger partial charge on any atom is -0.457 e. The number of ether oxygens (including phenoxy) is 1. The number of anilines is 3. The molecule has 5 aromatic rings. The number of carbonyl (C=O) groups excluding carboxylic acids is 1. The summed E-state index contributed by atoms with van der Waals surface area (Å²) in [7, 11) is 0. The second-order valence-corrected chi connectivity index (χ2v) is 10.7. The highest BCUT2D eigenvalue weighted by Gasteiger charge is 2.50. The van der Waals surface area contributed by atoms with Crippen molar-refractivity contribution in [3.8, 4) is 0 Å². The molecule has 0 radical (unpaired) electrons. The molecule has 0 aromatic heterocycles. The Kier molecular flexibility index (Phi) is 4.29. The van der Waals surface area contributed by atoms with Crippen molar-refractivity contribution in [1.29, 1.82) is 0 Å². The van der Waals surface area contributed by atoms with Crippen molar-refractivity contribution >= 4 is 34.8 Å². The molecular weight excluding hydrogens is 474 g/mol. The van der Waals surface area contributed by atoms with Crippen LogP contribution in [0.1, 0.15) is 38.2 Å². The lowest BCUT2D eigenvalue weighted by Crippen LogP contribution is -2.39. The fraction of sp³-hybridized carbons (Fsp3) is 0.0606. The minimum atomic E-state index is -0.461. The van der Waals surface area contributed by atoms with Gasteiger partial charge in [-0.25, -0.2) is 4.79 Å². The Morgan fingerprint density at radius 1 is 0.649 bits per heavy atom. The van der Waals surface area contributed by atoms with E-state index in [2.05, 4.69) is 108 Å². The number of hydrogen-bond acceptors (Lipinski definition) is 4. The Morgan fingerprint density at radius 3 is 1.81 bits per heavy atom. The molecule has 0 saturated carbocycles. The zero-order valence-corrected chi connectivity index (χ0v) is 20.7. The van der Waals surface area contributed by atoms with Crippen LogP contribution in [-0.4, -0.2) is 5.97 Å². The normalized spacial score (nSPS) is 15.8. The molecule has 0 fully saturated rings. The van der Waals surface area contributed by atoms with Crippen LogP contribution in [0.4, 0.5) is 17.1 Å². The summed E-state index contributed by atoms with van der Waals surface area (Å²) in [4.78, 5) is 17.3. The van der Waals surface area contributed by atoms with E-state index < -0.39 is 5.41 Å². The molecule has 0 amide bonds. The van der Waals surface area contributed by atoms with Crippen LogP contribution in [0.3, 0.4) is 0 Å². The summed E-state index contributed by atoms with van der Waals surface area (Å²) in [5.74, 6) is -0.251. The highest BCUT2D eigenvalue weighted by Crippen LogP contribution is 2.62. The highest BCUT2D eigenvalue weighted by molar-refractivity contribution is 7.99. The lowest BCUT2D eigenvalue weighted by Gasteiger charge is -2.49. The number of esters is 1. The Balaban J connectivity index is 1.49. The molecule has 0 unspecified atom stereocenters. The maximum atomic E-state index is 12.5. The van der Waals surface area contributed by atoms with Crippen molar-refractivity contribution in [2.45, 2.75) is 21.8 Å². The number of benzene rings is 5. The second-order valence-electron chi connectivity index (χ2n) is 9.63. The van der Waals surface area contributed by atoms with Gasteiger partial charge in [-0.15, -0.1) is 0 Å². The van der Waals surface area contributed by atoms with Crippen LogP contribution in [0.25, 0.3) is 0 Å². The van der Waals surface area contributed by atoms with Gasteiger partial charge in [0.15, 0.2) is 0 Å². The van der Waals surface area contributed by atoms with E-state index in [1.807, 2.05) is 23.9 Å². The van der Waals surface area contributed by atoms with Gasteiger partial charge in [0.05, 0.1) is 22.4 Å². The molecule has 0 aliphatic carbocycles. The predicted molar refractivity (Wildman–Crippen MR) is 146 cm³/mol. The van der Waals surface area contributed by atoms with Gasteiger partial charge in [0.2, 0.25) is 0 Å². The van der Waals surface area contributed by atoms with E-state index in [4.69, 9.17) is 4.74 Å². The first-order valence-electron chi connectivity index (χ1n) is 12.4. The summed E-state index contributed by atoms with van der Waals surface area (Å²) in [5.41, 5.74) is 9.39. The highest BCUT2D eigenvalue weighted by atomic mass is 32.2. The summed E-state index contributed by atoms with van der Waals surface area (Å²) < 4.78 is 5.31. The summed E-state index contributed by atoms with van der Waals surface area (Å²) in [6.45, 7) is 0.343. The molecule has 4 heteroatoms. The van der Waals surface area contributed by atoms with Gasteiger partial charge in [0.25, 0.3) is 0 Å². The van der Waals surface area contributed by atoms with E-state index in [-0.39, 0.29) is 5.97 Å². The van der Waals surface area contributed by atoms with Gasteiger partial charge in [-0.2, -0.15) is 0 Å². The summed E-state index contributed by atoms with van der Waals surface area (Å²) >= 11 is 1.85. The topological polar surface area (TPSA) is 29.5 Å². The molecular formula is C33H21NO2S. The van der Waals surface area contributed by atoms with Gasteiger partial charge in [-0.05, 0) is 58.7 Å². The molecule has 3 heterocycles. The number of rotatable bonds is 1. The molecule has 3 aliphatic rings. The monoisotopic (exact) mass is 495 g/mol.